The monoisotopic (exact) mass is 169 g/mol. The third kappa shape index (κ3) is 1.78. The van der Waals surface area contributed by atoms with Gasteiger partial charge in [-0.1, -0.05) is 0 Å². The second kappa shape index (κ2) is 3.16. The molecule has 0 aromatic rings. The minimum Gasteiger partial charge on any atom is -0.625 e. The van der Waals surface area contributed by atoms with E-state index in [1.54, 1.807) is 6.08 Å². The van der Waals surface area contributed by atoms with Crippen molar-refractivity contribution in [2.75, 3.05) is 13.1 Å². The van der Waals surface area contributed by atoms with Crippen molar-refractivity contribution in [1.82, 2.24) is 0 Å². The number of hydrogen-bond donors (Lipinski definition) is 0. The number of quaternary nitrogens is 1. The molecule has 1 rings (SSSR count). The lowest BCUT2D eigenvalue weighted by atomic mass is 10.3. The van der Waals surface area contributed by atoms with Crippen LogP contribution in [0, 0.1) is 5.21 Å². The van der Waals surface area contributed by atoms with Gasteiger partial charge in [-0.05, 0) is 13.0 Å². The molecule has 0 aliphatic carbocycles. The predicted octanol–water partition coefficient (Wildman–Crippen LogP) is 0.377. The van der Waals surface area contributed by atoms with E-state index in [4.69, 9.17) is 0 Å². The van der Waals surface area contributed by atoms with Gasteiger partial charge >= 0.3 is 5.91 Å². The van der Waals surface area contributed by atoms with Crippen LogP contribution in [0.15, 0.2) is 12.2 Å². The molecule has 0 saturated heterocycles. The van der Waals surface area contributed by atoms with E-state index in [2.05, 4.69) is 0 Å². The summed E-state index contributed by atoms with van der Waals surface area (Å²) in [6.07, 6.45) is 3.01. The van der Waals surface area contributed by atoms with Crippen LogP contribution < -0.4 is 0 Å². The Morgan fingerprint density at radius 3 is 2.83 bits per heavy atom. The fourth-order valence-electron chi connectivity index (χ4n) is 1.09. The zero-order valence-corrected chi connectivity index (χ0v) is 6.95. The molecule has 0 aromatic carbocycles. The standard InChI is InChI=1S/C8H11NO3/c1-7(10)4-6-9(12)5-2-3-8(9)11/h2-3H,4-6H2,1H3. The summed E-state index contributed by atoms with van der Waals surface area (Å²) in [6, 6.07) is 0. The van der Waals surface area contributed by atoms with Gasteiger partial charge in [-0.25, -0.2) is 4.79 Å². The van der Waals surface area contributed by atoms with Gasteiger partial charge < -0.3 is 5.21 Å². The first-order valence-electron chi connectivity index (χ1n) is 3.83. The van der Waals surface area contributed by atoms with Crippen LogP contribution in [0.5, 0.6) is 0 Å². The first-order valence-corrected chi connectivity index (χ1v) is 3.83. The molecule has 1 unspecified atom stereocenters. The Morgan fingerprint density at radius 1 is 1.75 bits per heavy atom. The maximum atomic E-state index is 11.5. The smallest absolute Gasteiger partial charge is 0.338 e. The molecule has 0 saturated carbocycles. The quantitative estimate of drug-likeness (QED) is 0.453. The molecule has 66 valence electrons. The molecular formula is C8H11NO3. The number of nitrogens with zero attached hydrogens (tertiary/aromatic N) is 1. The van der Waals surface area contributed by atoms with E-state index in [0.29, 0.717) is 0 Å². The zero-order valence-electron chi connectivity index (χ0n) is 6.95. The van der Waals surface area contributed by atoms with Crippen LogP contribution >= 0.6 is 0 Å². The molecule has 4 heteroatoms. The Balaban J connectivity index is 2.51. The van der Waals surface area contributed by atoms with Crippen LogP contribution in [0.1, 0.15) is 13.3 Å². The van der Waals surface area contributed by atoms with Crippen molar-refractivity contribution in [3.05, 3.63) is 17.4 Å². The number of carbonyl (C=O) groups excluding carboxylic acids is 2. The van der Waals surface area contributed by atoms with E-state index in [1.165, 1.54) is 13.0 Å². The number of ketones is 1. The van der Waals surface area contributed by atoms with Crippen LogP contribution in [0.4, 0.5) is 0 Å². The zero-order chi connectivity index (χ0) is 9.19. The van der Waals surface area contributed by atoms with Gasteiger partial charge in [-0.3, -0.25) is 9.44 Å². The second-order valence-electron chi connectivity index (χ2n) is 2.99. The minimum absolute atomic E-state index is 0.0527. The number of Topliss-reactive ketones (excluding diaryl/α,β-unsaturated/α-hetero) is 1. The fourth-order valence-corrected chi connectivity index (χ4v) is 1.09. The maximum absolute atomic E-state index is 11.5. The first-order chi connectivity index (χ1) is 5.54. The van der Waals surface area contributed by atoms with Gasteiger partial charge in [0.25, 0.3) is 0 Å². The molecule has 4 nitrogen and oxygen atoms in total. The second-order valence-corrected chi connectivity index (χ2v) is 2.99. The number of hydroxylamine groups is 3. The largest absolute Gasteiger partial charge is 0.625 e. The summed E-state index contributed by atoms with van der Waals surface area (Å²) in [5, 5.41) is 11.5. The van der Waals surface area contributed by atoms with Crippen molar-refractivity contribution in [1.29, 1.82) is 0 Å². The van der Waals surface area contributed by atoms with Crippen molar-refractivity contribution < 1.29 is 14.2 Å². The predicted molar refractivity (Wildman–Crippen MR) is 42.8 cm³/mol. The van der Waals surface area contributed by atoms with E-state index in [0.717, 1.165) is 0 Å². The topological polar surface area (TPSA) is 57.2 Å². The van der Waals surface area contributed by atoms with E-state index in [9.17, 15) is 14.8 Å². The highest BCUT2D eigenvalue weighted by Gasteiger charge is 2.28. The van der Waals surface area contributed by atoms with Gasteiger partial charge in [0.1, 0.15) is 12.3 Å². The van der Waals surface area contributed by atoms with Crippen LogP contribution in [0.25, 0.3) is 0 Å². The molecule has 0 spiro atoms. The molecule has 0 radical (unpaired) electrons. The molecule has 1 heterocycles. The van der Waals surface area contributed by atoms with Gasteiger partial charge in [0.15, 0.2) is 0 Å². The highest BCUT2D eigenvalue weighted by molar-refractivity contribution is 5.84. The number of amides is 1. The highest BCUT2D eigenvalue weighted by Crippen LogP contribution is 2.13. The highest BCUT2D eigenvalue weighted by atomic mass is 16.6. The summed E-state index contributed by atoms with van der Waals surface area (Å²) >= 11 is 0. The van der Waals surface area contributed by atoms with Gasteiger partial charge in [0, 0.05) is 6.08 Å². The lowest BCUT2D eigenvalue weighted by molar-refractivity contribution is -0.790. The minimum atomic E-state index is -0.889. The SMILES string of the molecule is CC(=O)CC[N+]1([O-])CC=CC1=O. The van der Waals surface area contributed by atoms with E-state index in [1.807, 2.05) is 0 Å². The van der Waals surface area contributed by atoms with Gasteiger partial charge in [-0.2, -0.15) is 0 Å². The Kier molecular flexibility index (Phi) is 2.40. The third-order valence-electron chi connectivity index (χ3n) is 1.89. The third-order valence-corrected chi connectivity index (χ3v) is 1.89. The summed E-state index contributed by atoms with van der Waals surface area (Å²) in [5.74, 6) is -0.501. The van der Waals surface area contributed by atoms with Crippen molar-refractivity contribution in [2.45, 2.75) is 13.3 Å². The molecule has 0 N–H and O–H groups in total. The van der Waals surface area contributed by atoms with Crippen molar-refractivity contribution in [3.8, 4) is 0 Å². The number of rotatable bonds is 3. The fraction of sp³-hybridized carbons (Fsp3) is 0.500. The Bertz CT molecular complexity index is 247. The van der Waals surface area contributed by atoms with Gasteiger partial charge in [0.2, 0.25) is 0 Å². The van der Waals surface area contributed by atoms with E-state index < -0.39 is 10.6 Å². The van der Waals surface area contributed by atoms with Gasteiger partial charge in [-0.15, -0.1) is 0 Å². The summed E-state index contributed by atoms with van der Waals surface area (Å²) in [7, 11) is 0. The van der Waals surface area contributed by atoms with Crippen LogP contribution in [-0.4, -0.2) is 29.4 Å². The molecule has 1 aliphatic heterocycles. The number of carbonyl (C=O) groups is 2. The lowest BCUT2D eigenvalue weighted by Gasteiger charge is -2.34. The van der Waals surface area contributed by atoms with Gasteiger partial charge in [0.05, 0.1) is 13.0 Å². The summed E-state index contributed by atoms with van der Waals surface area (Å²) in [4.78, 5) is 21.5. The molecule has 1 amide bonds. The van der Waals surface area contributed by atoms with Crippen LogP contribution in [0.3, 0.4) is 0 Å². The molecule has 1 atom stereocenters. The average Bonchev–Trinajstić information content (AvgIpc) is 2.30. The van der Waals surface area contributed by atoms with E-state index >= 15 is 0 Å². The maximum Gasteiger partial charge on any atom is 0.338 e. The average molecular weight is 169 g/mol. The summed E-state index contributed by atoms with van der Waals surface area (Å²) in [5.41, 5.74) is 0. The molecular weight excluding hydrogens is 158 g/mol. The van der Waals surface area contributed by atoms with Crippen molar-refractivity contribution in [3.63, 3.8) is 0 Å². The van der Waals surface area contributed by atoms with Crippen LogP contribution in [-0.2, 0) is 9.59 Å². The Morgan fingerprint density at radius 2 is 2.42 bits per heavy atom. The number of hydrogen-bond acceptors (Lipinski definition) is 3. The van der Waals surface area contributed by atoms with Crippen LogP contribution in [0.2, 0.25) is 0 Å². The molecule has 0 aromatic heterocycles. The molecule has 1 aliphatic rings. The lowest BCUT2D eigenvalue weighted by Crippen LogP contribution is -2.44. The van der Waals surface area contributed by atoms with E-state index in [-0.39, 0.29) is 25.3 Å². The molecule has 12 heavy (non-hydrogen) atoms. The molecule has 0 bridgehead atoms. The summed E-state index contributed by atoms with van der Waals surface area (Å²) < 4.78 is -0.889. The van der Waals surface area contributed by atoms with Crippen molar-refractivity contribution in [2.24, 2.45) is 0 Å². The Labute approximate surface area is 70.6 Å². The normalized spacial score (nSPS) is 28.0. The molecule has 0 fully saturated rings. The van der Waals surface area contributed by atoms with Crippen molar-refractivity contribution >= 4 is 11.7 Å². The Hall–Kier alpha value is -1.00. The first kappa shape index (κ1) is 9.09. The summed E-state index contributed by atoms with van der Waals surface area (Å²) in [6.45, 7) is 1.66.